The molecule has 3 aromatic carbocycles. The fourth-order valence-corrected chi connectivity index (χ4v) is 4.39. The van der Waals surface area contributed by atoms with Crippen LogP contribution in [0.25, 0.3) is 0 Å². The largest absolute Gasteiger partial charge is 0.435 e. The number of anilines is 2. The number of amides is 3. The molecule has 3 aromatic rings. The van der Waals surface area contributed by atoms with Gasteiger partial charge in [-0.3, -0.25) is 19.8 Å². The Morgan fingerprint density at radius 3 is 1.96 bits per heavy atom. The molecule has 3 amide bonds. The molecule has 0 aliphatic carbocycles. The first-order valence-electron chi connectivity index (χ1n) is 12.7. The van der Waals surface area contributed by atoms with Gasteiger partial charge in [0, 0.05) is 29.8 Å². The maximum Gasteiger partial charge on any atom is 0.435 e. The van der Waals surface area contributed by atoms with E-state index in [2.05, 4.69) is 5.32 Å². The van der Waals surface area contributed by atoms with Crippen LogP contribution in [0.4, 0.5) is 46.5 Å². The topological polar surface area (TPSA) is 128 Å². The Bertz CT molecular complexity index is 1630. The molecular formula is C29H23F8N5O3. The third kappa shape index (κ3) is 6.88. The molecule has 0 atom stereocenters. The second-order valence-corrected chi connectivity index (χ2v) is 9.70. The average molecular weight is 642 g/mol. The zero-order valence-electron chi connectivity index (χ0n) is 23.3. The van der Waals surface area contributed by atoms with Crippen LogP contribution >= 0.6 is 0 Å². The number of nitriles is 1. The number of hydrazine groups is 1. The van der Waals surface area contributed by atoms with Crippen molar-refractivity contribution in [2.45, 2.75) is 38.3 Å². The van der Waals surface area contributed by atoms with Gasteiger partial charge in [0.25, 0.3) is 11.8 Å². The predicted molar refractivity (Wildman–Crippen MR) is 145 cm³/mol. The number of nitrogens with zero attached hydrogens (tertiary/aromatic N) is 2. The minimum atomic E-state index is -6.36. The highest BCUT2D eigenvalue weighted by atomic mass is 19.4. The van der Waals surface area contributed by atoms with E-state index in [4.69, 9.17) is 11.1 Å². The monoisotopic (exact) mass is 641 g/mol. The predicted octanol–water partition coefficient (Wildman–Crippen LogP) is 5.88. The number of alkyl halides is 7. The van der Waals surface area contributed by atoms with E-state index in [-0.39, 0.29) is 28.9 Å². The lowest BCUT2D eigenvalue weighted by atomic mass is 9.90. The van der Waals surface area contributed by atoms with Gasteiger partial charge in [0.05, 0.1) is 22.9 Å². The maximum absolute atomic E-state index is 15.8. The van der Waals surface area contributed by atoms with E-state index in [9.17, 15) is 45.1 Å². The third-order valence-corrected chi connectivity index (χ3v) is 6.69. The fourth-order valence-electron chi connectivity index (χ4n) is 4.39. The number of aryl methyl sites for hydroxylation is 2. The summed E-state index contributed by atoms with van der Waals surface area (Å²) in [5, 5.41) is 11.2. The van der Waals surface area contributed by atoms with Gasteiger partial charge >= 0.3 is 18.0 Å². The summed E-state index contributed by atoms with van der Waals surface area (Å²) in [6.07, 6.45) is -13.1. The van der Waals surface area contributed by atoms with Crippen molar-refractivity contribution in [3.63, 3.8) is 0 Å². The molecule has 8 nitrogen and oxygen atoms in total. The molecule has 238 valence electrons. The van der Waals surface area contributed by atoms with E-state index in [1.807, 2.05) is 11.5 Å². The van der Waals surface area contributed by atoms with Crippen LogP contribution in [0.3, 0.4) is 0 Å². The van der Waals surface area contributed by atoms with E-state index >= 15 is 4.39 Å². The molecule has 0 unspecified atom stereocenters. The Kier molecular flexibility index (Phi) is 9.88. The normalized spacial score (nSPS) is 11.9. The highest BCUT2D eigenvalue weighted by molar-refractivity contribution is 6.09. The van der Waals surface area contributed by atoms with Crippen LogP contribution in [-0.4, -0.2) is 36.6 Å². The lowest BCUT2D eigenvalue weighted by Crippen LogP contribution is -2.50. The quantitative estimate of drug-likeness (QED) is 0.123. The Hall–Kier alpha value is -5.04. The zero-order valence-corrected chi connectivity index (χ0v) is 23.3. The number of nitrogens with two attached hydrogens (primary N) is 1. The minimum absolute atomic E-state index is 0.00981. The molecule has 0 spiro atoms. The summed E-state index contributed by atoms with van der Waals surface area (Å²) in [5.41, 5.74) is -7.66. The number of hydrogen-bond donors (Lipinski definition) is 3. The lowest BCUT2D eigenvalue weighted by Gasteiger charge is -2.31. The molecular weight excluding hydrogens is 618 g/mol. The van der Waals surface area contributed by atoms with Gasteiger partial charge in [-0.1, -0.05) is 18.2 Å². The summed E-state index contributed by atoms with van der Waals surface area (Å²) in [6, 6.07) is 10.9. The van der Waals surface area contributed by atoms with Gasteiger partial charge in [-0.05, 0) is 61.4 Å². The molecule has 0 saturated carbocycles. The van der Waals surface area contributed by atoms with Gasteiger partial charge in [0.15, 0.2) is 5.82 Å². The first-order chi connectivity index (χ1) is 20.9. The van der Waals surface area contributed by atoms with E-state index in [1.165, 1.54) is 30.3 Å². The lowest BCUT2D eigenvalue weighted by molar-refractivity contribution is -0.348. The molecule has 0 aliphatic heterocycles. The van der Waals surface area contributed by atoms with Gasteiger partial charge in [0.1, 0.15) is 0 Å². The smallest absolute Gasteiger partial charge is 0.321 e. The van der Waals surface area contributed by atoms with Crippen LogP contribution in [0.15, 0.2) is 54.6 Å². The number of rotatable bonds is 8. The van der Waals surface area contributed by atoms with Crippen molar-refractivity contribution in [1.82, 2.24) is 5.43 Å². The molecule has 0 aliphatic rings. The highest BCUT2D eigenvalue weighted by Gasteiger charge is 2.73. The highest BCUT2D eigenvalue weighted by Crippen LogP contribution is 2.53. The molecule has 3 rings (SSSR count). The van der Waals surface area contributed by atoms with Gasteiger partial charge in [-0.25, -0.2) is 14.6 Å². The van der Waals surface area contributed by atoms with E-state index in [0.29, 0.717) is 0 Å². The standard InChI is InChI=1S/C29H23F8N5O3/c1-15-12-19(27(31,28(32,33)34)29(35,36)37)13-16(2)24(15)40-25(44)20-4-3-5-21(23(20)30)42(11-10-22(43)41-39)26(45)18-8-6-17(14-38)7-9-18/h3-9,12-13H,10-11,39H2,1-2H3,(H,40,44)(H,41,43). The number of carbonyl (C=O) groups is 3. The maximum atomic E-state index is 15.8. The van der Waals surface area contributed by atoms with Crippen LogP contribution in [0.5, 0.6) is 0 Å². The second kappa shape index (κ2) is 12.9. The molecule has 0 fully saturated rings. The Balaban J connectivity index is 2.02. The Labute approximate surface area is 250 Å². The number of carbonyl (C=O) groups excluding carboxylic acids is 3. The first-order valence-corrected chi connectivity index (χ1v) is 12.7. The summed E-state index contributed by atoms with van der Waals surface area (Å²) in [7, 11) is 0. The SMILES string of the molecule is Cc1cc(C(F)(C(F)(F)F)C(F)(F)F)cc(C)c1NC(=O)c1cccc(N(CCC(=O)NN)C(=O)c2ccc(C#N)cc2)c1F. The van der Waals surface area contributed by atoms with Crippen molar-refractivity contribution in [1.29, 1.82) is 5.26 Å². The van der Waals surface area contributed by atoms with Crippen molar-refractivity contribution in [2.75, 3.05) is 16.8 Å². The molecule has 45 heavy (non-hydrogen) atoms. The van der Waals surface area contributed by atoms with Gasteiger partial charge in [-0.15, -0.1) is 0 Å². The summed E-state index contributed by atoms with van der Waals surface area (Å²) in [4.78, 5) is 39.1. The van der Waals surface area contributed by atoms with Gasteiger partial charge in [-0.2, -0.15) is 31.6 Å². The third-order valence-electron chi connectivity index (χ3n) is 6.69. The number of benzene rings is 3. The Morgan fingerprint density at radius 1 is 0.911 bits per heavy atom. The summed E-state index contributed by atoms with van der Waals surface area (Å²) in [5.74, 6) is 1.06. The molecule has 0 saturated heterocycles. The molecule has 0 aromatic heterocycles. The van der Waals surface area contributed by atoms with Gasteiger partial charge in [0.2, 0.25) is 5.91 Å². The fraction of sp³-hybridized carbons (Fsp3) is 0.241. The van der Waals surface area contributed by atoms with Crippen LogP contribution in [0.2, 0.25) is 0 Å². The van der Waals surface area contributed by atoms with Crippen molar-refractivity contribution in [3.05, 3.63) is 93.8 Å². The number of halogens is 8. The van der Waals surface area contributed by atoms with Crippen molar-refractivity contribution in [3.8, 4) is 6.07 Å². The van der Waals surface area contributed by atoms with Crippen LogP contribution in [0, 0.1) is 31.0 Å². The zero-order chi connectivity index (χ0) is 33.9. The van der Waals surface area contributed by atoms with Crippen molar-refractivity contribution < 1.29 is 49.5 Å². The van der Waals surface area contributed by atoms with E-state index in [0.717, 1.165) is 30.9 Å². The number of nitrogens with one attached hydrogen (secondary N) is 2. The molecule has 0 radical (unpaired) electrons. The van der Waals surface area contributed by atoms with Gasteiger partial charge < -0.3 is 10.2 Å². The average Bonchev–Trinajstić information content (AvgIpc) is 2.97. The summed E-state index contributed by atoms with van der Waals surface area (Å²) < 4.78 is 110. The van der Waals surface area contributed by atoms with Crippen LogP contribution < -0.4 is 21.5 Å². The second-order valence-electron chi connectivity index (χ2n) is 9.70. The van der Waals surface area contributed by atoms with Crippen molar-refractivity contribution >= 4 is 29.1 Å². The molecule has 0 bridgehead atoms. The molecule has 4 N–H and O–H groups in total. The molecule has 0 heterocycles. The van der Waals surface area contributed by atoms with Crippen LogP contribution in [-0.2, 0) is 10.5 Å². The summed E-state index contributed by atoms with van der Waals surface area (Å²) in [6.45, 7) is 1.62. The molecule has 16 heteroatoms. The van der Waals surface area contributed by atoms with E-state index < -0.39 is 82.5 Å². The first kappa shape index (κ1) is 34.5. The summed E-state index contributed by atoms with van der Waals surface area (Å²) >= 11 is 0. The minimum Gasteiger partial charge on any atom is -0.321 e. The Morgan fingerprint density at radius 2 is 1.47 bits per heavy atom. The van der Waals surface area contributed by atoms with Crippen LogP contribution in [0.1, 0.15) is 49.4 Å². The van der Waals surface area contributed by atoms with Crippen molar-refractivity contribution in [2.24, 2.45) is 5.84 Å². The number of hydrogen-bond acceptors (Lipinski definition) is 5. The van der Waals surface area contributed by atoms with E-state index in [1.54, 1.807) is 0 Å².